The fraction of sp³-hybridized carbons (Fsp3) is 0.625. The third-order valence-electron chi connectivity index (χ3n) is 3.74. The molecule has 1 aliphatic rings. The van der Waals surface area contributed by atoms with Gasteiger partial charge in [0, 0.05) is 19.2 Å². The van der Waals surface area contributed by atoms with Crippen LogP contribution in [-0.4, -0.2) is 18.8 Å². The van der Waals surface area contributed by atoms with Crippen LogP contribution in [0, 0.1) is 0 Å². The summed E-state index contributed by atoms with van der Waals surface area (Å²) in [6, 6.07) is 9.60. The maximum Gasteiger partial charge on any atom is 0.0604 e. The molecule has 0 bridgehead atoms. The lowest BCUT2D eigenvalue weighted by molar-refractivity contribution is -0.0102. The summed E-state index contributed by atoms with van der Waals surface area (Å²) >= 11 is 0. The topological polar surface area (TPSA) is 21.3 Å². The Balaban J connectivity index is 1.71. The lowest BCUT2D eigenvalue weighted by Crippen LogP contribution is -2.45. The summed E-state index contributed by atoms with van der Waals surface area (Å²) in [5, 5.41) is 3.59. The predicted octanol–water partition coefficient (Wildman–Crippen LogP) is 3.47. The third kappa shape index (κ3) is 3.56. The van der Waals surface area contributed by atoms with Crippen LogP contribution in [0.2, 0.25) is 0 Å². The van der Waals surface area contributed by atoms with Crippen molar-refractivity contribution in [3.05, 3.63) is 35.4 Å². The first kappa shape index (κ1) is 13.6. The van der Waals surface area contributed by atoms with Gasteiger partial charge in [0.1, 0.15) is 0 Å². The molecule has 1 aromatic rings. The first-order valence-corrected chi connectivity index (χ1v) is 7.13. The summed E-state index contributed by atoms with van der Waals surface area (Å²) in [5.41, 5.74) is 2.79. The van der Waals surface area contributed by atoms with Crippen molar-refractivity contribution < 1.29 is 4.74 Å². The average molecular weight is 247 g/mol. The Hall–Kier alpha value is -0.860. The average Bonchev–Trinajstić information content (AvgIpc) is 2.32. The van der Waals surface area contributed by atoms with Gasteiger partial charge in [0.05, 0.1) is 6.10 Å². The van der Waals surface area contributed by atoms with Crippen molar-refractivity contribution in [3.63, 3.8) is 0 Å². The van der Waals surface area contributed by atoms with E-state index >= 15 is 0 Å². The van der Waals surface area contributed by atoms with Crippen LogP contribution in [0.3, 0.4) is 0 Å². The van der Waals surface area contributed by atoms with Crippen LogP contribution in [0.25, 0.3) is 0 Å². The Bertz CT molecular complexity index is 352. The second kappa shape index (κ2) is 6.35. The first-order chi connectivity index (χ1) is 8.69. The van der Waals surface area contributed by atoms with Crippen LogP contribution in [0.5, 0.6) is 0 Å². The van der Waals surface area contributed by atoms with Gasteiger partial charge in [-0.25, -0.2) is 0 Å². The van der Waals surface area contributed by atoms with Crippen molar-refractivity contribution in [1.29, 1.82) is 0 Å². The Morgan fingerprint density at radius 1 is 1.22 bits per heavy atom. The highest BCUT2D eigenvalue weighted by atomic mass is 16.5. The van der Waals surface area contributed by atoms with E-state index in [4.69, 9.17) is 4.74 Å². The molecule has 1 aliphatic carbocycles. The molecule has 1 fully saturated rings. The molecule has 2 heteroatoms. The largest absolute Gasteiger partial charge is 0.378 e. The molecule has 0 atom stereocenters. The standard InChI is InChI=1S/C16H25NO/c1-4-18-16-9-15(10-16)17-11-13-5-7-14(8-6-13)12(2)3/h5-8,12,15-17H,4,9-11H2,1-3H3. The molecule has 0 spiro atoms. The van der Waals surface area contributed by atoms with E-state index in [1.165, 1.54) is 11.1 Å². The number of benzene rings is 1. The Labute approximate surface area is 111 Å². The molecule has 0 saturated heterocycles. The molecule has 1 N–H and O–H groups in total. The molecule has 0 unspecified atom stereocenters. The highest BCUT2D eigenvalue weighted by Gasteiger charge is 2.28. The molecule has 0 aliphatic heterocycles. The summed E-state index contributed by atoms with van der Waals surface area (Å²) in [7, 11) is 0. The molecule has 0 radical (unpaired) electrons. The van der Waals surface area contributed by atoms with E-state index in [9.17, 15) is 0 Å². The van der Waals surface area contributed by atoms with E-state index < -0.39 is 0 Å². The van der Waals surface area contributed by atoms with E-state index in [-0.39, 0.29) is 0 Å². The second-order valence-corrected chi connectivity index (χ2v) is 5.52. The van der Waals surface area contributed by atoms with Gasteiger partial charge in [0.15, 0.2) is 0 Å². The molecule has 0 aromatic heterocycles. The summed E-state index contributed by atoms with van der Waals surface area (Å²) in [4.78, 5) is 0. The van der Waals surface area contributed by atoms with Gasteiger partial charge in [-0.1, -0.05) is 38.1 Å². The maximum atomic E-state index is 5.56. The minimum Gasteiger partial charge on any atom is -0.378 e. The van der Waals surface area contributed by atoms with Crippen molar-refractivity contribution in [2.24, 2.45) is 0 Å². The number of rotatable bonds is 6. The summed E-state index contributed by atoms with van der Waals surface area (Å²) in [6.45, 7) is 8.35. The van der Waals surface area contributed by atoms with Gasteiger partial charge in [-0.3, -0.25) is 0 Å². The smallest absolute Gasteiger partial charge is 0.0604 e. The van der Waals surface area contributed by atoms with E-state index in [0.717, 1.165) is 26.0 Å². The molecule has 2 nitrogen and oxygen atoms in total. The number of ether oxygens (including phenoxy) is 1. The molecule has 18 heavy (non-hydrogen) atoms. The highest BCUT2D eigenvalue weighted by molar-refractivity contribution is 5.24. The van der Waals surface area contributed by atoms with Crippen LogP contribution in [0.4, 0.5) is 0 Å². The zero-order valence-electron chi connectivity index (χ0n) is 11.8. The van der Waals surface area contributed by atoms with Crippen molar-refractivity contribution in [1.82, 2.24) is 5.32 Å². The van der Waals surface area contributed by atoms with Crippen molar-refractivity contribution in [2.45, 2.75) is 58.2 Å². The van der Waals surface area contributed by atoms with Crippen molar-refractivity contribution >= 4 is 0 Å². The SMILES string of the molecule is CCOC1CC(NCc2ccc(C(C)C)cc2)C1. The van der Waals surface area contributed by atoms with Crippen molar-refractivity contribution in [3.8, 4) is 0 Å². The zero-order chi connectivity index (χ0) is 13.0. The molecule has 1 aromatic carbocycles. The summed E-state index contributed by atoms with van der Waals surface area (Å²) < 4.78 is 5.56. The molecule has 100 valence electrons. The summed E-state index contributed by atoms with van der Waals surface area (Å²) in [6.07, 6.45) is 2.83. The number of hydrogen-bond acceptors (Lipinski definition) is 2. The van der Waals surface area contributed by atoms with Gasteiger partial charge in [-0.2, -0.15) is 0 Å². The van der Waals surface area contributed by atoms with Gasteiger partial charge in [-0.05, 0) is 36.8 Å². The van der Waals surface area contributed by atoms with Gasteiger partial charge < -0.3 is 10.1 Å². The normalized spacial score (nSPS) is 23.1. The van der Waals surface area contributed by atoms with Gasteiger partial charge >= 0.3 is 0 Å². The summed E-state index contributed by atoms with van der Waals surface area (Å²) in [5.74, 6) is 0.616. The number of hydrogen-bond donors (Lipinski definition) is 1. The predicted molar refractivity (Wildman–Crippen MR) is 75.8 cm³/mol. The monoisotopic (exact) mass is 247 g/mol. The van der Waals surface area contributed by atoms with Crippen LogP contribution in [0.15, 0.2) is 24.3 Å². The van der Waals surface area contributed by atoms with Crippen LogP contribution in [0.1, 0.15) is 50.7 Å². The quantitative estimate of drug-likeness (QED) is 0.831. The van der Waals surface area contributed by atoms with E-state index in [0.29, 0.717) is 18.1 Å². The molecule has 0 heterocycles. The molecular weight excluding hydrogens is 222 g/mol. The second-order valence-electron chi connectivity index (χ2n) is 5.52. The minimum atomic E-state index is 0.496. The van der Waals surface area contributed by atoms with Gasteiger partial charge in [0.25, 0.3) is 0 Å². The Kier molecular flexibility index (Phi) is 4.79. The molecule has 0 amide bonds. The number of nitrogens with one attached hydrogen (secondary N) is 1. The lowest BCUT2D eigenvalue weighted by Gasteiger charge is -2.35. The maximum absolute atomic E-state index is 5.56. The van der Waals surface area contributed by atoms with Crippen LogP contribution >= 0.6 is 0 Å². The minimum absolute atomic E-state index is 0.496. The fourth-order valence-electron chi connectivity index (χ4n) is 2.39. The Morgan fingerprint density at radius 2 is 1.89 bits per heavy atom. The van der Waals surface area contributed by atoms with Gasteiger partial charge in [-0.15, -0.1) is 0 Å². The molecule has 2 rings (SSSR count). The lowest BCUT2D eigenvalue weighted by atomic mass is 9.89. The van der Waals surface area contributed by atoms with E-state index in [2.05, 4.69) is 50.4 Å². The Morgan fingerprint density at radius 3 is 2.44 bits per heavy atom. The highest BCUT2D eigenvalue weighted by Crippen LogP contribution is 2.23. The van der Waals surface area contributed by atoms with Gasteiger partial charge in [0.2, 0.25) is 0 Å². The van der Waals surface area contributed by atoms with Crippen LogP contribution in [-0.2, 0) is 11.3 Å². The molecule has 1 saturated carbocycles. The first-order valence-electron chi connectivity index (χ1n) is 7.13. The zero-order valence-corrected chi connectivity index (χ0v) is 11.8. The fourth-order valence-corrected chi connectivity index (χ4v) is 2.39. The molecular formula is C16H25NO. The van der Waals surface area contributed by atoms with E-state index in [1.54, 1.807) is 0 Å². The van der Waals surface area contributed by atoms with E-state index in [1.807, 2.05) is 0 Å². The van der Waals surface area contributed by atoms with Crippen molar-refractivity contribution in [2.75, 3.05) is 6.61 Å². The third-order valence-corrected chi connectivity index (χ3v) is 3.74. The van der Waals surface area contributed by atoms with Crippen LogP contribution < -0.4 is 5.32 Å².